The van der Waals surface area contributed by atoms with Gasteiger partial charge in [-0.05, 0) is 67.0 Å². The minimum absolute atomic E-state index is 0.0145. The lowest BCUT2D eigenvalue weighted by atomic mass is 9.92. The number of piperidine rings is 1. The van der Waals surface area contributed by atoms with Crippen molar-refractivity contribution in [1.82, 2.24) is 14.7 Å². The first-order valence-corrected chi connectivity index (χ1v) is 9.81. The number of para-hydroxylation sites is 1. The van der Waals surface area contributed by atoms with Crippen LogP contribution in [0.1, 0.15) is 31.4 Å². The molecule has 1 aliphatic heterocycles. The molecule has 140 valence electrons. The van der Waals surface area contributed by atoms with E-state index in [0.29, 0.717) is 12.5 Å². The number of aromatic nitrogens is 2. The van der Waals surface area contributed by atoms with E-state index in [1.165, 1.54) is 5.69 Å². The maximum atomic E-state index is 12.6. The molecule has 0 spiro atoms. The van der Waals surface area contributed by atoms with Crippen molar-refractivity contribution in [3.8, 4) is 0 Å². The van der Waals surface area contributed by atoms with Crippen molar-refractivity contribution >= 4 is 27.5 Å². The molecule has 1 aromatic carbocycles. The molecule has 7 heteroatoms. The fourth-order valence-corrected chi connectivity index (χ4v) is 3.90. The van der Waals surface area contributed by atoms with Gasteiger partial charge >= 0.3 is 0 Å². The largest absolute Gasteiger partial charge is 0.394 e. The van der Waals surface area contributed by atoms with E-state index in [2.05, 4.69) is 31.2 Å². The van der Waals surface area contributed by atoms with Crippen molar-refractivity contribution < 1.29 is 9.90 Å². The molecular formula is C19H25BrN4O2. The summed E-state index contributed by atoms with van der Waals surface area (Å²) in [6, 6.07) is 9.51. The van der Waals surface area contributed by atoms with E-state index in [1.807, 2.05) is 41.9 Å². The summed E-state index contributed by atoms with van der Waals surface area (Å²) in [6.45, 7) is 4.34. The van der Waals surface area contributed by atoms with Crippen molar-refractivity contribution in [2.75, 3.05) is 25.0 Å². The summed E-state index contributed by atoms with van der Waals surface area (Å²) in [6.07, 6.45) is 3.78. The minimum Gasteiger partial charge on any atom is -0.394 e. The molecule has 1 saturated heterocycles. The normalized spacial score (nSPS) is 17.2. The topological polar surface area (TPSA) is 70.4 Å². The first-order valence-electron chi connectivity index (χ1n) is 9.02. The number of aliphatic hydroxyl groups is 1. The van der Waals surface area contributed by atoms with E-state index in [0.717, 1.165) is 36.1 Å². The van der Waals surface area contributed by atoms with E-state index in [9.17, 15) is 4.79 Å². The van der Waals surface area contributed by atoms with E-state index < -0.39 is 0 Å². The lowest BCUT2D eigenvalue weighted by Crippen LogP contribution is -2.46. The average Bonchev–Trinajstić information content (AvgIpc) is 3.12. The van der Waals surface area contributed by atoms with Crippen LogP contribution in [0.4, 0.5) is 5.69 Å². The number of likely N-dealkylation sites (tertiary alicyclic amines) is 1. The Morgan fingerprint density at radius 3 is 2.77 bits per heavy atom. The second kappa shape index (κ2) is 8.79. The van der Waals surface area contributed by atoms with Crippen molar-refractivity contribution in [3.63, 3.8) is 0 Å². The zero-order valence-corrected chi connectivity index (χ0v) is 16.5. The molecule has 2 heterocycles. The predicted octanol–water partition coefficient (Wildman–Crippen LogP) is 2.84. The van der Waals surface area contributed by atoms with Crippen LogP contribution >= 0.6 is 15.9 Å². The Bertz CT molecular complexity index is 741. The maximum absolute atomic E-state index is 12.6. The number of hydrogen-bond donors (Lipinski definition) is 2. The highest BCUT2D eigenvalue weighted by molar-refractivity contribution is 9.10. The predicted molar refractivity (Wildman–Crippen MR) is 105 cm³/mol. The van der Waals surface area contributed by atoms with Crippen LogP contribution in [0.15, 0.2) is 41.0 Å². The highest BCUT2D eigenvalue weighted by Gasteiger charge is 2.28. The molecule has 1 fully saturated rings. The summed E-state index contributed by atoms with van der Waals surface area (Å²) in [5.41, 5.74) is 1.98. The summed E-state index contributed by atoms with van der Waals surface area (Å²) in [4.78, 5) is 14.8. The molecule has 0 aliphatic carbocycles. The summed E-state index contributed by atoms with van der Waals surface area (Å²) in [5, 5.41) is 16.5. The molecule has 1 atom stereocenters. The van der Waals surface area contributed by atoms with Crippen LogP contribution in [0.25, 0.3) is 0 Å². The van der Waals surface area contributed by atoms with E-state index >= 15 is 0 Å². The van der Waals surface area contributed by atoms with E-state index in [1.54, 1.807) is 6.20 Å². The third kappa shape index (κ3) is 4.34. The molecule has 1 amide bonds. The van der Waals surface area contributed by atoms with Crippen LogP contribution in [0.5, 0.6) is 0 Å². The van der Waals surface area contributed by atoms with E-state index in [4.69, 9.17) is 5.11 Å². The number of nitrogens with one attached hydrogen (secondary N) is 1. The number of hydrogen-bond acceptors (Lipinski definition) is 4. The van der Waals surface area contributed by atoms with Gasteiger partial charge in [0.1, 0.15) is 0 Å². The Kier molecular flexibility index (Phi) is 6.45. The Morgan fingerprint density at radius 1 is 1.35 bits per heavy atom. The second-order valence-corrected chi connectivity index (χ2v) is 7.51. The zero-order valence-electron chi connectivity index (χ0n) is 14.9. The first kappa shape index (κ1) is 19.1. The van der Waals surface area contributed by atoms with Crippen molar-refractivity contribution in [3.05, 3.63) is 46.7 Å². The van der Waals surface area contributed by atoms with Gasteiger partial charge < -0.3 is 10.4 Å². The second-order valence-electron chi connectivity index (χ2n) is 6.66. The van der Waals surface area contributed by atoms with Crippen LogP contribution in [0, 0.1) is 0 Å². The van der Waals surface area contributed by atoms with Crippen molar-refractivity contribution in [1.29, 1.82) is 0 Å². The van der Waals surface area contributed by atoms with Crippen molar-refractivity contribution in [2.45, 2.75) is 38.3 Å². The van der Waals surface area contributed by atoms with Crippen LogP contribution < -0.4 is 5.32 Å². The number of halogens is 1. The molecule has 0 radical (unpaired) electrons. The van der Waals surface area contributed by atoms with Gasteiger partial charge in [-0.15, -0.1) is 0 Å². The minimum atomic E-state index is -0.176. The third-order valence-corrected chi connectivity index (χ3v) is 5.76. The molecule has 1 unspecified atom stereocenters. The Balaban J connectivity index is 1.56. The van der Waals surface area contributed by atoms with Crippen LogP contribution in [0.2, 0.25) is 0 Å². The third-order valence-electron chi connectivity index (χ3n) is 5.07. The van der Waals surface area contributed by atoms with Gasteiger partial charge in [0.2, 0.25) is 5.91 Å². The summed E-state index contributed by atoms with van der Waals surface area (Å²) >= 11 is 3.46. The molecule has 0 saturated carbocycles. The van der Waals surface area contributed by atoms with Gasteiger partial charge in [0.05, 0.1) is 24.9 Å². The smallest absolute Gasteiger partial charge is 0.241 e. The summed E-state index contributed by atoms with van der Waals surface area (Å²) in [5.74, 6) is 0.444. The molecule has 6 nitrogen and oxygen atoms in total. The Labute approximate surface area is 162 Å². The molecule has 3 rings (SSSR count). The molecule has 1 aromatic heterocycles. The number of carbonyl (C=O) groups excluding carboxylic acids is 1. The Hall–Kier alpha value is -1.70. The maximum Gasteiger partial charge on any atom is 0.241 e. The molecule has 2 N–H and O–H groups in total. The monoisotopic (exact) mass is 420 g/mol. The summed E-state index contributed by atoms with van der Waals surface area (Å²) < 4.78 is 2.78. The van der Waals surface area contributed by atoms with Crippen LogP contribution in [-0.2, 0) is 11.3 Å². The van der Waals surface area contributed by atoms with Crippen molar-refractivity contribution in [2.24, 2.45) is 0 Å². The number of benzene rings is 1. The van der Waals surface area contributed by atoms with E-state index in [-0.39, 0.29) is 18.6 Å². The van der Waals surface area contributed by atoms with Crippen LogP contribution in [-0.4, -0.2) is 51.4 Å². The molecule has 2 aromatic rings. The lowest BCUT2D eigenvalue weighted by molar-refractivity contribution is -0.121. The van der Waals surface area contributed by atoms with Gasteiger partial charge in [-0.3, -0.25) is 14.4 Å². The molecular weight excluding hydrogens is 396 g/mol. The molecule has 0 bridgehead atoms. The highest BCUT2D eigenvalue weighted by atomic mass is 79.9. The van der Waals surface area contributed by atoms with Gasteiger partial charge in [0.15, 0.2) is 0 Å². The first-order chi connectivity index (χ1) is 12.6. The molecule has 26 heavy (non-hydrogen) atoms. The number of carbonyl (C=O) groups is 1. The van der Waals surface area contributed by atoms with Gasteiger partial charge in [-0.1, -0.05) is 12.1 Å². The van der Waals surface area contributed by atoms with Gasteiger partial charge in [0, 0.05) is 22.3 Å². The fourth-order valence-electron chi connectivity index (χ4n) is 3.52. The summed E-state index contributed by atoms with van der Waals surface area (Å²) in [7, 11) is 0. The average molecular weight is 421 g/mol. The van der Waals surface area contributed by atoms with Gasteiger partial charge in [-0.25, -0.2) is 0 Å². The number of nitrogens with zero attached hydrogens (tertiary/aromatic N) is 3. The SMILES string of the molecule is CC(C(=O)Nc1ccccc1Br)N1CCC(c2ccnn2CCO)CC1. The van der Waals surface area contributed by atoms with Gasteiger partial charge in [-0.2, -0.15) is 5.10 Å². The molecule has 1 aliphatic rings. The zero-order chi connectivity index (χ0) is 18.5. The van der Waals surface area contributed by atoms with Crippen LogP contribution in [0.3, 0.4) is 0 Å². The standard InChI is InChI=1S/C19H25BrN4O2/c1-14(19(26)22-17-5-3-2-4-16(17)20)23-10-7-15(8-11-23)18-6-9-21-24(18)12-13-25/h2-6,9,14-15,25H,7-8,10-13H2,1H3,(H,22,26). The fraction of sp³-hybridized carbons (Fsp3) is 0.474. The Morgan fingerprint density at radius 2 is 2.08 bits per heavy atom. The quantitative estimate of drug-likeness (QED) is 0.753. The number of aliphatic hydroxyl groups excluding tert-OH is 1. The number of anilines is 1. The lowest BCUT2D eigenvalue weighted by Gasteiger charge is -2.35. The number of amides is 1. The van der Waals surface area contributed by atoms with Gasteiger partial charge in [0.25, 0.3) is 0 Å². The number of rotatable bonds is 6. The highest BCUT2D eigenvalue weighted by Crippen LogP contribution is 2.29.